The maximum Gasteiger partial charge on any atom is 0.223 e. The molecule has 2 aromatic heterocycles. The Bertz CT molecular complexity index is 940. The molecule has 1 aromatic carbocycles. The fourth-order valence-electron chi connectivity index (χ4n) is 3.37. The summed E-state index contributed by atoms with van der Waals surface area (Å²) in [5, 5.41) is 4.01. The van der Waals surface area contributed by atoms with E-state index in [1.807, 2.05) is 42.5 Å². The molecule has 0 saturated heterocycles. The molecule has 0 spiro atoms. The highest BCUT2D eigenvalue weighted by Crippen LogP contribution is 2.34. The first kappa shape index (κ1) is 17.7. The van der Waals surface area contributed by atoms with E-state index >= 15 is 0 Å². The van der Waals surface area contributed by atoms with Crippen LogP contribution in [0.25, 0.3) is 10.7 Å². The quantitative estimate of drug-likeness (QED) is 0.735. The summed E-state index contributed by atoms with van der Waals surface area (Å²) in [5.41, 5.74) is 3.00. The highest BCUT2D eigenvalue weighted by atomic mass is 32.1. The number of rotatable bonds is 5. The average Bonchev–Trinajstić information content (AvgIpc) is 3.16. The van der Waals surface area contributed by atoms with Gasteiger partial charge in [0.25, 0.3) is 0 Å². The minimum absolute atomic E-state index is 0.00996. The first-order valence-corrected chi connectivity index (χ1v) is 9.86. The number of fused-ring (bicyclic) bond motifs is 1. The second-order valence-electron chi connectivity index (χ2n) is 6.57. The fraction of sp³-hybridized carbons (Fsp3) is 0.286. The second-order valence-corrected chi connectivity index (χ2v) is 7.66. The van der Waals surface area contributed by atoms with Gasteiger partial charge in [0.05, 0.1) is 18.5 Å². The van der Waals surface area contributed by atoms with Gasteiger partial charge in [-0.15, -0.1) is 11.3 Å². The van der Waals surface area contributed by atoms with Crippen molar-refractivity contribution in [3.8, 4) is 16.5 Å². The van der Waals surface area contributed by atoms with Gasteiger partial charge in [-0.05, 0) is 37.5 Å². The van der Waals surface area contributed by atoms with Crippen molar-refractivity contribution < 1.29 is 9.53 Å². The molecule has 1 N–H and O–H groups in total. The lowest BCUT2D eigenvalue weighted by Crippen LogP contribution is -2.33. The Morgan fingerprint density at radius 3 is 2.93 bits per heavy atom. The van der Waals surface area contributed by atoms with Crippen molar-refractivity contribution in [1.29, 1.82) is 0 Å². The van der Waals surface area contributed by atoms with Crippen LogP contribution in [0, 0.1) is 5.92 Å². The molecule has 0 fully saturated rings. The summed E-state index contributed by atoms with van der Waals surface area (Å²) in [6, 6.07) is 13.6. The van der Waals surface area contributed by atoms with E-state index in [4.69, 9.17) is 9.72 Å². The summed E-state index contributed by atoms with van der Waals surface area (Å²) in [6.45, 7) is 0.480. The van der Waals surface area contributed by atoms with E-state index in [0.29, 0.717) is 6.54 Å². The van der Waals surface area contributed by atoms with Gasteiger partial charge in [0.1, 0.15) is 10.8 Å². The Labute approximate surface area is 162 Å². The van der Waals surface area contributed by atoms with E-state index in [-0.39, 0.29) is 11.8 Å². The van der Waals surface area contributed by atoms with Crippen LogP contribution in [0.15, 0.2) is 48.7 Å². The molecule has 5 nitrogen and oxygen atoms in total. The van der Waals surface area contributed by atoms with Gasteiger partial charge in [0.15, 0.2) is 0 Å². The Morgan fingerprint density at radius 1 is 1.26 bits per heavy atom. The van der Waals surface area contributed by atoms with Crippen molar-refractivity contribution in [3.63, 3.8) is 0 Å². The van der Waals surface area contributed by atoms with Gasteiger partial charge in [0.2, 0.25) is 5.91 Å². The molecule has 6 heteroatoms. The third-order valence-corrected chi connectivity index (χ3v) is 5.98. The smallest absolute Gasteiger partial charge is 0.223 e. The normalized spacial score (nSPS) is 15.8. The van der Waals surface area contributed by atoms with Crippen molar-refractivity contribution >= 4 is 17.2 Å². The molecule has 0 saturated carbocycles. The third kappa shape index (κ3) is 3.85. The predicted molar refractivity (Wildman–Crippen MR) is 106 cm³/mol. The molecule has 1 atom stereocenters. The van der Waals surface area contributed by atoms with Gasteiger partial charge < -0.3 is 10.1 Å². The van der Waals surface area contributed by atoms with Crippen molar-refractivity contribution in [2.75, 3.05) is 7.11 Å². The number of hydrogen-bond acceptors (Lipinski definition) is 5. The number of nitrogens with one attached hydrogen (secondary N) is 1. The first-order valence-electron chi connectivity index (χ1n) is 9.04. The van der Waals surface area contributed by atoms with Crippen molar-refractivity contribution in [3.05, 3.63) is 64.8 Å². The van der Waals surface area contributed by atoms with Crippen LogP contribution in [0.5, 0.6) is 5.75 Å². The molecule has 1 amide bonds. The molecule has 1 aliphatic carbocycles. The van der Waals surface area contributed by atoms with Crippen LogP contribution in [0.2, 0.25) is 0 Å². The second kappa shape index (κ2) is 7.88. The van der Waals surface area contributed by atoms with Gasteiger partial charge in [-0.1, -0.05) is 24.3 Å². The molecule has 1 aliphatic rings. The highest BCUT2D eigenvalue weighted by molar-refractivity contribution is 7.15. The number of aryl methyl sites for hydroxylation is 1. The van der Waals surface area contributed by atoms with Crippen LogP contribution < -0.4 is 10.1 Å². The number of nitrogens with zero attached hydrogens (tertiary/aromatic N) is 2. The molecule has 0 radical (unpaired) electrons. The summed E-state index contributed by atoms with van der Waals surface area (Å²) >= 11 is 1.66. The minimum atomic E-state index is -0.00996. The van der Waals surface area contributed by atoms with Crippen molar-refractivity contribution in [1.82, 2.24) is 15.3 Å². The molecule has 4 rings (SSSR count). The molecule has 2 heterocycles. The molecular formula is C21H21N3O2S. The molecule has 27 heavy (non-hydrogen) atoms. The zero-order chi connectivity index (χ0) is 18.6. The number of benzene rings is 1. The average molecular weight is 379 g/mol. The number of carbonyl (C=O) groups is 1. The number of amides is 1. The van der Waals surface area contributed by atoms with Crippen LogP contribution in [0.1, 0.15) is 22.6 Å². The van der Waals surface area contributed by atoms with E-state index in [0.717, 1.165) is 47.0 Å². The monoisotopic (exact) mass is 379 g/mol. The van der Waals surface area contributed by atoms with Crippen LogP contribution in [-0.2, 0) is 24.2 Å². The molecule has 1 unspecified atom stereocenters. The summed E-state index contributed by atoms with van der Waals surface area (Å²) in [5.74, 6) is 0.884. The number of thiazole rings is 1. The minimum Gasteiger partial charge on any atom is -0.496 e. The topological polar surface area (TPSA) is 64.1 Å². The predicted octanol–water partition coefficient (Wildman–Crippen LogP) is 3.64. The Kier molecular flexibility index (Phi) is 5.16. The zero-order valence-electron chi connectivity index (χ0n) is 15.1. The van der Waals surface area contributed by atoms with Crippen LogP contribution in [-0.4, -0.2) is 23.0 Å². The van der Waals surface area contributed by atoms with Gasteiger partial charge >= 0.3 is 0 Å². The molecule has 0 bridgehead atoms. The maximum atomic E-state index is 12.7. The summed E-state index contributed by atoms with van der Waals surface area (Å²) in [4.78, 5) is 23.0. The zero-order valence-corrected chi connectivity index (χ0v) is 16.0. The van der Waals surface area contributed by atoms with Crippen LogP contribution >= 0.6 is 11.3 Å². The Morgan fingerprint density at radius 2 is 2.11 bits per heavy atom. The maximum absolute atomic E-state index is 12.7. The molecular weight excluding hydrogens is 358 g/mol. The van der Waals surface area contributed by atoms with Gasteiger partial charge in [0, 0.05) is 29.1 Å². The standard InChI is InChI=1S/C21H21N3O2S/c1-26-18-8-3-2-6-15(18)13-23-20(25)14-9-10-16-19(12-14)27-21(24-16)17-7-4-5-11-22-17/h2-8,11,14H,9-10,12-13H2,1H3,(H,23,25). The summed E-state index contributed by atoms with van der Waals surface area (Å²) < 4.78 is 5.35. The van der Waals surface area contributed by atoms with Crippen molar-refractivity contribution in [2.45, 2.75) is 25.8 Å². The van der Waals surface area contributed by atoms with Crippen molar-refractivity contribution in [2.24, 2.45) is 5.92 Å². The summed E-state index contributed by atoms with van der Waals surface area (Å²) in [7, 11) is 1.65. The first-order chi connectivity index (χ1) is 13.2. The van der Waals surface area contributed by atoms with Gasteiger partial charge in [-0.3, -0.25) is 9.78 Å². The lowest BCUT2D eigenvalue weighted by molar-refractivity contribution is -0.125. The third-order valence-electron chi connectivity index (χ3n) is 4.84. The van der Waals surface area contributed by atoms with E-state index in [9.17, 15) is 4.79 Å². The van der Waals surface area contributed by atoms with Gasteiger partial charge in [-0.25, -0.2) is 4.98 Å². The molecule has 3 aromatic rings. The van der Waals surface area contributed by atoms with E-state index in [1.54, 1.807) is 24.6 Å². The van der Waals surface area contributed by atoms with E-state index in [2.05, 4.69) is 10.3 Å². The van der Waals surface area contributed by atoms with E-state index < -0.39 is 0 Å². The molecule has 0 aliphatic heterocycles. The number of pyridine rings is 1. The van der Waals surface area contributed by atoms with Crippen LogP contribution in [0.4, 0.5) is 0 Å². The SMILES string of the molecule is COc1ccccc1CNC(=O)C1CCc2nc(-c3ccccn3)sc2C1. The molecule has 138 valence electrons. The Hall–Kier alpha value is -2.73. The number of carbonyl (C=O) groups excluding carboxylic acids is 1. The number of hydrogen-bond donors (Lipinski definition) is 1. The fourth-order valence-corrected chi connectivity index (χ4v) is 4.54. The largest absolute Gasteiger partial charge is 0.496 e. The highest BCUT2D eigenvalue weighted by Gasteiger charge is 2.27. The number of aromatic nitrogens is 2. The Balaban J connectivity index is 1.42. The number of ether oxygens (including phenoxy) is 1. The van der Waals surface area contributed by atoms with Crippen LogP contribution in [0.3, 0.4) is 0 Å². The summed E-state index contributed by atoms with van der Waals surface area (Å²) in [6.07, 6.45) is 4.20. The lowest BCUT2D eigenvalue weighted by atomic mass is 9.90. The number of para-hydroxylation sites is 1. The lowest BCUT2D eigenvalue weighted by Gasteiger charge is -2.20. The number of methoxy groups -OCH3 is 1. The van der Waals surface area contributed by atoms with E-state index in [1.165, 1.54) is 4.88 Å². The van der Waals surface area contributed by atoms with Gasteiger partial charge in [-0.2, -0.15) is 0 Å².